The zero-order valence-electron chi connectivity index (χ0n) is 11.5. The Bertz CT molecular complexity index is 631. The van der Waals surface area contributed by atoms with Gasteiger partial charge in [-0.2, -0.15) is 0 Å². The molecule has 1 aliphatic rings. The van der Waals surface area contributed by atoms with Crippen LogP contribution in [0.3, 0.4) is 0 Å². The number of fused-ring (bicyclic) bond motifs is 1. The van der Waals surface area contributed by atoms with Crippen molar-refractivity contribution in [1.29, 1.82) is 0 Å². The summed E-state index contributed by atoms with van der Waals surface area (Å²) in [6.07, 6.45) is 4.57. The topological polar surface area (TPSA) is 59.2 Å². The lowest BCUT2D eigenvalue weighted by Crippen LogP contribution is -2.32. The molecule has 1 aliphatic heterocycles. The minimum Gasteiger partial charge on any atom is -0.383 e. The number of nitrogens with zero attached hydrogens (tertiary/aromatic N) is 2. The fraction of sp³-hybridized carbons (Fsp3) is 0.375. The second-order valence-corrected chi connectivity index (χ2v) is 5.32. The smallest absolute Gasteiger partial charge is 0.272 e. The molecule has 0 radical (unpaired) electrons. The van der Waals surface area contributed by atoms with Crippen LogP contribution in [-0.4, -0.2) is 28.9 Å². The summed E-state index contributed by atoms with van der Waals surface area (Å²) >= 11 is 0. The van der Waals surface area contributed by atoms with Crippen LogP contribution in [0.4, 0.5) is 5.82 Å². The highest BCUT2D eigenvalue weighted by molar-refractivity contribution is 5.99. The minimum absolute atomic E-state index is 0.00403. The van der Waals surface area contributed by atoms with Crippen molar-refractivity contribution in [3.8, 4) is 0 Å². The first-order chi connectivity index (χ1) is 9.75. The van der Waals surface area contributed by atoms with E-state index >= 15 is 0 Å². The monoisotopic (exact) mass is 269 g/mol. The van der Waals surface area contributed by atoms with Crippen LogP contribution in [0.2, 0.25) is 0 Å². The summed E-state index contributed by atoms with van der Waals surface area (Å²) in [5.74, 6) is 0.436. The van der Waals surface area contributed by atoms with E-state index in [1.54, 1.807) is 0 Å². The first-order valence-corrected chi connectivity index (χ1v) is 7.20. The third-order valence-electron chi connectivity index (χ3n) is 3.88. The Labute approximate surface area is 118 Å². The molecule has 4 heteroatoms. The molecule has 20 heavy (non-hydrogen) atoms. The molecule has 4 nitrogen and oxygen atoms in total. The molecule has 2 heterocycles. The molecule has 0 bridgehead atoms. The molecule has 0 unspecified atom stereocenters. The largest absolute Gasteiger partial charge is 0.383 e. The number of nitrogens with two attached hydrogens (primary N) is 1. The van der Waals surface area contributed by atoms with Crippen LogP contribution in [0, 0.1) is 0 Å². The molecule has 3 rings (SSSR count). The number of pyridine rings is 1. The van der Waals surface area contributed by atoms with Gasteiger partial charge in [0.2, 0.25) is 0 Å². The molecule has 1 amide bonds. The van der Waals surface area contributed by atoms with Crippen molar-refractivity contribution >= 4 is 22.5 Å². The van der Waals surface area contributed by atoms with Crippen molar-refractivity contribution in [2.45, 2.75) is 25.7 Å². The van der Waals surface area contributed by atoms with E-state index in [0.717, 1.165) is 36.7 Å². The lowest BCUT2D eigenvalue weighted by atomic mass is 10.1. The quantitative estimate of drug-likeness (QED) is 0.866. The average molecular weight is 269 g/mol. The molecule has 2 aromatic rings. The van der Waals surface area contributed by atoms with E-state index in [1.165, 1.54) is 12.8 Å². The van der Waals surface area contributed by atoms with E-state index in [-0.39, 0.29) is 5.91 Å². The van der Waals surface area contributed by atoms with Crippen LogP contribution in [0.1, 0.15) is 36.2 Å². The van der Waals surface area contributed by atoms with Crippen LogP contribution in [0.15, 0.2) is 30.3 Å². The van der Waals surface area contributed by atoms with Crippen molar-refractivity contribution in [2.24, 2.45) is 0 Å². The summed E-state index contributed by atoms with van der Waals surface area (Å²) < 4.78 is 0. The van der Waals surface area contributed by atoms with E-state index in [0.29, 0.717) is 11.5 Å². The van der Waals surface area contributed by atoms with Gasteiger partial charge in [-0.25, -0.2) is 4.98 Å². The number of hydrogen-bond donors (Lipinski definition) is 1. The summed E-state index contributed by atoms with van der Waals surface area (Å²) in [5.41, 5.74) is 6.43. The van der Waals surface area contributed by atoms with Gasteiger partial charge in [-0.15, -0.1) is 0 Å². The van der Waals surface area contributed by atoms with E-state index < -0.39 is 0 Å². The number of benzene rings is 1. The van der Waals surface area contributed by atoms with Crippen molar-refractivity contribution in [2.75, 3.05) is 18.8 Å². The number of nitrogen functional groups attached to an aromatic ring is 1. The van der Waals surface area contributed by atoms with Crippen molar-refractivity contribution in [1.82, 2.24) is 9.88 Å². The summed E-state index contributed by atoms with van der Waals surface area (Å²) in [5, 5.41) is 1.87. The summed E-state index contributed by atoms with van der Waals surface area (Å²) in [6.45, 7) is 1.65. The van der Waals surface area contributed by atoms with Crippen LogP contribution in [-0.2, 0) is 0 Å². The molecule has 104 valence electrons. The number of carbonyl (C=O) groups excluding carboxylic acids is 1. The number of carbonyl (C=O) groups is 1. The lowest BCUT2D eigenvalue weighted by Gasteiger charge is -2.20. The van der Waals surface area contributed by atoms with Crippen molar-refractivity contribution in [3.63, 3.8) is 0 Å². The Morgan fingerprint density at radius 2 is 1.80 bits per heavy atom. The van der Waals surface area contributed by atoms with E-state index in [4.69, 9.17) is 5.73 Å². The Morgan fingerprint density at radius 3 is 2.55 bits per heavy atom. The molecule has 1 fully saturated rings. The predicted octanol–water partition coefficient (Wildman–Crippen LogP) is 2.83. The van der Waals surface area contributed by atoms with E-state index in [2.05, 4.69) is 4.98 Å². The summed E-state index contributed by atoms with van der Waals surface area (Å²) in [7, 11) is 0. The average Bonchev–Trinajstić information content (AvgIpc) is 2.75. The van der Waals surface area contributed by atoms with Crippen LogP contribution >= 0.6 is 0 Å². The second kappa shape index (κ2) is 5.49. The molecule has 0 aliphatic carbocycles. The summed E-state index contributed by atoms with van der Waals surface area (Å²) in [6, 6.07) is 9.61. The van der Waals surface area contributed by atoms with E-state index in [9.17, 15) is 4.79 Å². The van der Waals surface area contributed by atoms with Gasteiger partial charge in [0.25, 0.3) is 5.91 Å². The lowest BCUT2D eigenvalue weighted by molar-refractivity contribution is 0.0756. The zero-order chi connectivity index (χ0) is 13.9. The number of hydrogen-bond acceptors (Lipinski definition) is 3. The molecule has 0 spiro atoms. The highest BCUT2D eigenvalue weighted by Crippen LogP contribution is 2.21. The van der Waals surface area contributed by atoms with Crippen LogP contribution < -0.4 is 5.73 Å². The van der Waals surface area contributed by atoms with Gasteiger partial charge in [-0.1, -0.05) is 37.1 Å². The Hall–Kier alpha value is -2.10. The Balaban J connectivity index is 1.94. The van der Waals surface area contributed by atoms with Gasteiger partial charge in [0.1, 0.15) is 11.5 Å². The molecule has 0 saturated carbocycles. The molecular formula is C16H19N3O. The predicted molar refractivity (Wildman–Crippen MR) is 80.5 cm³/mol. The molecule has 1 aromatic heterocycles. The van der Waals surface area contributed by atoms with Crippen LogP contribution in [0.25, 0.3) is 10.8 Å². The van der Waals surface area contributed by atoms with Gasteiger partial charge in [0, 0.05) is 18.5 Å². The first kappa shape index (κ1) is 12.9. The molecule has 2 N–H and O–H groups in total. The maximum absolute atomic E-state index is 12.6. The zero-order valence-corrected chi connectivity index (χ0v) is 11.5. The third kappa shape index (κ3) is 2.46. The molecule has 1 aromatic carbocycles. The molecule has 0 atom stereocenters. The van der Waals surface area contributed by atoms with Gasteiger partial charge >= 0.3 is 0 Å². The summed E-state index contributed by atoms with van der Waals surface area (Å²) in [4.78, 5) is 18.8. The Morgan fingerprint density at radius 1 is 1.10 bits per heavy atom. The maximum atomic E-state index is 12.6. The van der Waals surface area contributed by atoms with Gasteiger partial charge < -0.3 is 10.6 Å². The number of anilines is 1. The first-order valence-electron chi connectivity index (χ1n) is 7.20. The van der Waals surface area contributed by atoms with Gasteiger partial charge in [-0.3, -0.25) is 4.79 Å². The highest BCUT2D eigenvalue weighted by atomic mass is 16.2. The molecular weight excluding hydrogens is 250 g/mol. The number of rotatable bonds is 1. The SMILES string of the molecule is Nc1nc(C(=O)N2CCCCCC2)cc2ccccc12. The minimum atomic E-state index is 0.00403. The van der Waals surface area contributed by atoms with Gasteiger partial charge in [-0.05, 0) is 24.3 Å². The number of aromatic nitrogens is 1. The van der Waals surface area contributed by atoms with Gasteiger partial charge in [0.05, 0.1) is 0 Å². The third-order valence-corrected chi connectivity index (χ3v) is 3.88. The second-order valence-electron chi connectivity index (χ2n) is 5.32. The molecule has 1 saturated heterocycles. The maximum Gasteiger partial charge on any atom is 0.272 e. The van der Waals surface area contributed by atoms with Crippen molar-refractivity contribution < 1.29 is 4.79 Å². The van der Waals surface area contributed by atoms with Crippen LogP contribution in [0.5, 0.6) is 0 Å². The van der Waals surface area contributed by atoms with Crippen molar-refractivity contribution in [3.05, 3.63) is 36.0 Å². The fourth-order valence-corrected chi connectivity index (χ4v) is 2.77. The number of amides is 1. The fourth-order valence-electron chi connectivity index (χ4n) is 2.77. The van der Waals surface area contributed by atoms with E-state index in [1.807, 2.05) is 35.2 Å². The van der Waals surface area contributed by atoms with Gasteiger partial charge in [0.15, 0.2) is 0 Å². The normalized spacial score (nSPS) is 16.1. The highest BCUT2D eigenvalue weighted by Gasteiger charge is 2.19. The Kier molecular flexibility index (Phi) is 3.54. The number of likely N-dealkylation sites (tertiary alicyclic amines) is 1. The standard InChI is InChI=1S/C16H19N3O/c17-15-13-8-4-3-7-12(13)11-14(18-15)16(20)19-9-5-1-2-6-10-19/h3-4,7-8,11H,1-2,5-6,9-10H2,(H2,17,18).